The van der Waals surface area contributed by atoms with Crippen molar-refractivity contribution in [2.75, 3.05) is 13.7 Å². The first kappa shape index (κ1) is 46.5. The fourth-order valence-electron chi connectivity index (χ4n) is 8.27. The molecule has 18 heteroatoms. The number of amides is 4. The van der Waals surface area contributed by atoms with E-state index in [1.54, 1.807) is 38.3 Å². The molecule has 2 aliphatic heterocycles. The molecule has 3 aromatic rings. The molecule has 4 amide bonds. The Kier molecular flexibility index (Phi) is 13.5. The van der Waals surface area contributed by atoms with Crippen LogP contribution >= 0.6 is 0 Å². The number of alkyl carbamates (subject to hydrolysis) is 1. The molecule has 3 fully saturated rings. The van der Waals surface area contributed by atoms with Gasteiger partial charge in [0.15, 0.2) is 5.60 Å². The number of alkyl halides is 2. The first-order valence-corrected chi connectivity index (χ1v) is 23.4. The van der Waals surface area contributed by atoms with Crippen molar-refractivity contribution in [3.63, 3.8) is 0 Å². The molecule has 3 N–H and O–H groups in total. The maximum atomic E-state index is 14.9. The Morgan fingerprint density at radius 1 is 1.02 bits per heavy atom. The zero-order valence-corrected chi connectivity index (χ0v) is 37.7. The third-order valence-corrected chi connectivity index (χ3v) is 14.1. The second kappa shape index (κ2) is 18.5. The van der Waals surface area contributed by atoms with E-state index in [1.807, 2.05) is 50.3 Å². The number of aromatic nitrogens is 1. The normalized spacial score (nSPS) is 25.4. The molecule has 4 aliphatic rings. The van der Waals surface area contributed by atoms with Gasteiger partial charge < -0.3 is 34.5 Å². The molecule has 1 saturated heterocycles. The molecule has 2 saturated carbocycles. The van der Waals surface area contributed by atoms with Gasteiger partial charge in [0.05, 0.1) is 36.2 Å². The third kappa shape index (κ3) is 10.4. The molecule has 6 unspecified atom stereocenters. The Hall–Kier alpha value is -5.52. The van der Waals surface area contributed by atoms with Crippen LogP contribution in [0.15, 0.2) is 60.7 Å². The highest BCUT2D eigenvalue weighted by atomic mass is 32.2. The smallest absolute Gasteiger partial charge is 0.408 e. The number of nitrogens with one attached hydrogen (secondary N) is 3. The first-order valence-electron chi connectivity index (χ1n) is 21.9. The number of hydrogen-bond acceptors (Lipinski definition) is 11. The summed E-state index contributed by atoms with van der Waals surface area (Å²) >= 11 is 0. The van der Waals surface area contributed by atoms with Crippen molar-refractivity contribution in [1.29, 1.82) is 0 Å². The van der Waals surface area contributed by atoms with Gasteiger partial charge in [-0.2, -0.15) is 0 Å². The van der Waals surface area contributed by atoms with Gasteiger partial charge in [-0.05, 0) is 109 Å². The number of sulfonamides is 1. The lowest BCUT2D eigenvalue weighted by Crippen LogP contribution is -2.59. The van der Waals surface area contributed by atoms with E-state index < -0.39 is 86.7 Å². The third-order valence-electron chi connectivity index (χ3n) is 12.2. The van der Waals surface area contributed by atoms with Crippen LogP contribution in [0, 0.1) is 11.8 Å². The molecule has 0 radical (unpaired) electrons. The number of carbonyl (C=O) groups is 4. The van der Waals surface area contributed by atoms with Crippen LogP contribution in [0.1, 0.15) is 86.0 Å². The summed E-state index contributed by atoms with van der Waals surface area (Å²) in [5.74, 6) is -1.70. The first-order chi connectivity index (χ1) is 30.3. The Bertz CT molecular complexity index is 2390. The molecule has 0 spiro atoms. The van der Waals surface area contributed by atoms with Gasteiger partial charge in [0.25, 0.3) is 12.3 Å². The van der Waals surface area contributed by atoms with Crippen LogP contribution in [0.5, 0.6) is 17.2 Å². The summed E-state index contributed by atoms with van der Waals surface area (Å²) in [6.07, 6.45) is 1.83. The van der Waals surface area contributed by atoms with Crippen molar-refractivity contribution in [2.24, 2.45) is 11.8 Å². The van der Waals surface area contributed by atoms with E-state index in [1.165, 1.54) is 4.90 Å². The Labute approximate surface area is 372 Å². The van der Waals surface area contributed by atoms with E-state index >= 15 is 0 Å². The topological polar surface area (TPSA) is 192 Å². The van der Waals surface area contributed by atoms with Crippen LogP contribution < -0.4 is 29.6 Å². The van der Waals surface area contributed by atoms with Crippen molar-refractivity contribution in [3.05, 3.63) is 60.7 Å². The van der Waals surface area contributed by atoms with Crippen LogP contribution in [-0.2, 0) is 29.1 Å². The van der Waals surface area contributed by atoms with Crippen LogP contribution in [0.3, 0.4) is 0 Å². The molecular weight excluding hydrogens is 853 g/mol. The van der Waals surface area contributed by atoms with Gasteiger partial charge in [-0.15, -0.1) is 0 Å². The summed E-state index contributed by atoms with van der Waals surface area (Å²) in [5.41, 5.74) is -1.92. The van der Waals surface area contributed by atoms with Crippen LogP contribution in [-0.4, -0.2) is 103 Å². The number of carbonyl (C=O) groups excluding carboxylic acids is 4. The van der Waals surface area contributed by atoms with E-state index in [0.717, 1.165) is 19.4 Å². The van der Waals surface area contributed by atoms with Crippen molar-refractivity contribution in [2.45, 2.75) is 133 Å². The predicted octanol–water partition coefficient (Wildman–Crippen LogP) is 6.43. The van der Waals surface area contributed by atoms with Gasteiger partial charge in [0.1, 0.15) is 41.0 Å². The maximum Gasteiger partial charge on any atom is 0.408 e. The maximum absolute atomic E-state index is 14.9. The van der Waals surface area contributed by atoms with Gasteiger partial charge >= 0.3 is 6.09 Å². The lowest BCUT2D eigenvalue weighted by atomic mass is 9.93. The summed E-state index contributed by atoms with van der Waals surface area (Å²) in [6, 6.07) is 11.9. The second-order valence-electron chi connectivity index (χ2n) is 18.1. The molecule has 64 heavy (non-hydrogen) atoms. The number of fused-ring (bicyclic) bond motifs is 3. The van der Waals surface area contributed by atoms with Crippen LogP contribution in [0.4, 0.5) is 13.6 Å². The predicted molar refractivity (Wildman–Crippen MR) is 233 cm³/mol. The van der Waals surface area contributed by atoms with Crippen molar-refractivity contribution in [1.82, 2.24) is 25.2 Å². The van der Waals surface area contributed by atoms with Crippen molar-refractivity contribution >= 4 is 44.7 Å². The monoisotopic (exact) mass is 909 g/mol. The SMILES string of the molecule is COc1ccc2c(OC3CC4C(=O)NC5(C(=O)NS(=O)(=O)C6CC6)CC5C=CCCCCC(C)C(NC(=O)OC(C)(C)C(F)F)C(=O)N4C3)cc(-c3ccc(OC(C)C)cc3)nc2c1. The summed E-state index contributed by atoms with van der Waals surface area (Å²) in [6.45, 7) is 7.58. The molecule has 7 rings (SSSR count). The van der Waals surface area contributed by atoms with Gasteiger partial charge in [0.2, 0.25) is 21.8 Å². The minimum Gasteiger partial charge on any atom is -0.497 e. The fourth-order valence-corrected chi connectivity index (χ4v) is 9.63. The largest absolute Gasteiger partial charge is 0.497 e. The van der Waals surface area contributed by atoms with Crippen molar-refractivity contribution < 1.29 is 55.3 Å². The minimum absolute atomic E-state index is 0.0267. The molecule has 0 bridgehead atoms. The molecule has 6 atom stereocenters. The number of pyridine rings is 1. The molecule has 2 aliphatic carbocycles. The average Bonchev–Trinajstić information content (AvgIpc) is 4.17. The lowest BCUT2D eigenvalue weighted by Gasteiger charge is -2.33. The van der Waals surface area contributed by atoms with Crippen LogP contribution in [0.25, 0.3) is 22.2 Å². The summed E-state index contributed by atoms with van der Waals surface area (Å²) in [5, 5.41) is 5.32. The van der Waals surface area contributed by atoms with Gasteiger partial charge in [-0.25, -0.2) is 27.0 Å². The Morgan fingerprint density at radius 3 is 2.41 bits per heavy atom. The number of rotatable bonds is 12. The zero-order chi connectivity index (χ0) is 46.1. The van der Waals surface area contributed by atoms with E-state index in [-0.39, 0.29) is 25.5 Å². The Balaban J connectivity index is 1.24. The van der Waals surface area contributed by atoms with E-state index in [4.69, 9.17) is 23.9 Å². The molecule has 15 nitrogen and oxygen atoms in total. The standard InChI is InChI=1S/C46H57F2N5O10S/c1-26(2)61-30-15-13-28(14-16-30)35-23-38(34-20-17-31(60-6)21-36(34)49-35)62-32-22-37-40(54)51-46(43(56)52-64(58,59)33-18-19-33)24-29(46)12-10-8-7-9-11-27(3)39(41(55)53(37)25-32)50-44(57)63-45(4,5)42(47)48/h10,12-17,20-21,23,26-27,29,32-33,37,39,42H,7-9,11,18-19,22,24-25H2,1-6H3,(H,50,57)(H,51,54)(H,52,56). The molecule has 346 valence electrons. The number of benzene rings is 2. The number of allylic oxidation sites excluding steroid dienone is 1. The number of hydrogen-bond donors (Lipinski definition) is 3. The van der Waals surface area contributed by atoms with Gasteiger partial charge in [-0.3, -0.25) is 19.1 Å². The second-order valence-corrected chi connectivity index (χ2v) is 20.1. The van der Waals surface area contributed by atoms with Gasteiger partial charge in [0, 0.05) is 35.4 Å². The highest BCUT2D eigenvalue weighted by molar-refractivity contribution is 7.91. The summed E-state index contributed by atoms with van der Waals surface area (Å²) in [4.78, 5) is 62.9. The van der Waals surface area contributed by atoms with E-state index in [2.05, 4.69) is 15.4 Å². The van der Waals surface area contributed by atoms with E-state index in [9.17, 15) is 36.4 Å². The number of methoxy groups -OCH3 is 1. The Morgan fingerprint density at radius 2 is 1.73 bits per heavy atom. The van der Waals surface area contributed by atoms with Crippen LogP contribution in [0.2, 0.25) is 0 Å². The summed E-state index contributed by atoms with van der Waals surface area (Å²) in [7, 11) is -2.43. The molecule has 3 heterocycles. The van der Waals surface area contributed by atoms with Crippen molar-refractivity contribution in [3.8, 4) is 28.5 Å². The molecule has 2 aromatic carbocycles. The number of halogens is 2. The zero-order valence-electron chi connectivity index (χ0n) is 36.9. The summed E-state index contributed by atoms with van der Waals surface area (Å²) < 4.78 is 78.9. The fraction of sp³-hybridized carbons (Fsp3) is 0.543. The number of nitrogens with zero attached hydrogens (tertiary/aromatic N) is 2. The van der Waals surface area contributed by atoms with E-state index in [0.29, 0.717) is 72.4 Å². The van der Waals surface area contributed by atoms with Gasteiger partial charge in [-0.1, -0.05) is 25.5 Å². The molecule has 1 aromatic heterocycles. The highest BCUT2D eigenvalue weighted by Crippen LogP contribution is 2.46. The molecular formula is C46H57F2N5O10S. The minimum atomic E-state index is -3.97. The number of ether oxygens (including phenoxy) is 4. The lowest BCUT2D eigenvalue weighted by molar-refractivity contribution is -0.142. The average molecular weight is 910 g/mol. The highest BCUT2D eigenvalue weighted by Gasteiger charge is 2.62. The quantitative estimate of drug-likeness (QED) is 0.170.